The zero-order valence-corrected chi connectivity index (χ0v) is 20.4. The van der Waals surface area contributed by atoms with Crippen LogP contribution in [0.2, 0.25) is 0 Å². The second-order valence-electron chi connectivity index (χ2n) is 12.0. The van der Waals surface area contributed by atoms with E-state index in [0.29, 0.717) is 11.1 Å². The number of fused-ring (bicyclic) bond motifs is 1. The van der Waals surface area contributed by atoms with Crippen molar-refractivity contribution >= 4 is 17.7 Å². The molecule has 0 radical (unpaired) electrons. The summed E-state index contributed by atoms with van der Waals surface area (Å²) < 4.78 is 29.1. The van der Waals surface area contributed by atoms with E-state index >= 15 is 0 Å². The predicted octanol–water partition coefficient (Wildman–Crippen LogP) is 1.91. The molecule has 0 bridgehead atoms. The first-order valence-electron chi connectivity index (χ1n) is 12.3. The number of epoxide rings is 1. The van der Waals surface area contributed by atoms with E-state index in [4.69, 9.17) is 23.4 Å². The molecule has 9 atom stereocenters. The monoisotopic (exact) mass is 500 g/mol. The second kappa shape index (κ2) is 6.23. The summed E-state index contributed by atoms with van der Waals surface area (Å²) in [7, 11) is 0. The molecule has 10 heteroatoms. The highest BCUT2D eigenvalue weighted by molar-refractivity contribution is 6.03. The third-order valence-corrected chi connectivity index (χ3v) is 10.3. The minimum Gasteiger partial charge on any atom is -0.504 e. The molecule has 5 fully saturated rings. The highest BCUT2D eigenvalue weighted by Crippen LogP contribution is 2.79. The molecule has 0 amide bonds. The maximum atomic E-state index is 14.3. The standard InChI is InChI=1S/C26H28O10/c1-22(2)17-16(29)18(30)23(3)12(25(17)10-33-15(28)8-14(25)35-22)7-13(27)24(4)19(11-5-6-32-9-11)34-21(31)20-26(23,24)36-20/h5-6,9,12-14,19-20,27,29H,7-8,10H2,1-4H3/t12-,13?,14?,19?,20?,23+,24+,25+,26+/m1/s1. The minimum absolute atomic E-state index is 0.0503. The number of carbonyl (C=O) groups is 3. The quantitative estimate of drug-likeness (QED) is 0.433. The Morgan fingerprint density at radius 3 is 2.50 bits per heavy atom. The summed E-state index contributed by atoms with van der Waals surface area (Å²) in [5.41, 5.74) is -5.34. The minimum atomic E-state index is -1.47. The van der Waals surface area contributed by atoms with Crippen molar-refractivity contribution in [2.24, 2.45) is 22.2 Å². The molecular weight excluding hydrogens is 472 g/mol. The number of Topliss-reactive ketones (excluding diaryl/α,β-unsaturated/α-hetero) is 1. The van der Waals surface area contributed by atoms with Gasteiger partial charge in [0.25, 0.3) is 0 Å². The van der Waals surface area contributed by atoms with Crippen LogP contribution in [0.4, 0.5) is 0 Å². The average Bonchev–Trinajstić information content (AvgIpc) is 3.28. The number of ketones is 1. The first kappa shape index (κ1) is 22.5. The first-order valence-corrected chi connectivity index (χ1v) is 12.3. The van der Waals surface area contributed by atoms with Gasteiger partial charge in [0, 0.05) is 11.1 Å². The van der Waals surface area contributed by atoms with Crippen molar-refractivity contribution in [3.63, 3.8) is 0 Å². The molecule has 2 N–H and O–H groups in total. The van der Waals surface area contributed by atoms with Crippen molar-refractivity contribution in [3.8, 4) is 0 Å². The number of allylic oxidation sites excluding steroid dienone is 1. The molecule has 36 heavy (non-hydrogen) atoms. The zero-order chi connectivity index (χ0) is 25.6. The third-order valence-electron chi connectivity index (χ3n) is 10.3. The third kappa shape index (κ3) is 2.06. The molecule has 1 saturated carbocycles. The molecular formula is C26H28O10. The molecule has 1 aromatic heterocycles. The fourth-order valence-corrected chi connectivity index (χ4v) is 8.90. The van der Waals surface area contributed by atoms with Crippen LogP contribution in [0.15, 0.2) is 34.3 Å². The summed E-state index contributed by atoms with van der Waals surface area (Å²) in [6, 6.07) is 1.65. The van der Waals surface area contributed by atoms with Crippen LogP contribution in [0.5, 0.6) is 0 Å². The van der Waals surface area contributed by atoms with Crippen LogP contribution in [0, 0.1) is 22.2 Å². The summed E-state index contributed by atoms with van der Waals surface area (Å²) >= 11 is 0. The van der Waals surface area contributed by atoms with E-state index in [0.717, 1.165) is 0 Å². The molecule has 0 aromatic carbocycles. The maximum absolute atomic E-state index is 14.3. The SMILES string of the molecule is CC1(C)OC2CC(=O)OC[C@@]23C1=C(O)C(=O)[C@]1(C)[C@H]3CC(O)[C@@]2(C)C(c3ccoc3)OC(=O)C3O[C@]321. The highest BCUT2D eigenvalue weighted by atomic mass is 16.7. The molecule has 2 aliphatic carbocycles. The van der Waals surface area contributed by atoms with Gasteiger partial charge < -0.3 is 33.6 Å². The van der Waals surface area contributed by atoms with Gasteiger partial charge in [0.05, 0.1) is 53.0 Å². The molecule has 5 heterocycles. The Balaban J connectivity index is 1.49. The molecule has 10 nitrogen and oxygen atoms in total. The fourth-order valence-electron chi connectivity index (χ4n) is 8.90. The van der Waals surface area contributed by atoms with Gasteiger partial charge in [-0.2, -0.15) is 0 Å². The maximum Gasteiger partial charge on any atom is 0.339 e. The molecule has 4 saturated heterocycles. The van der Waals surface area contributed by atoms with E-state index in [2.05, 4.69) is 0 Å². The first-order chi connectivity index (χ1) is 16.9. The molecule has 1 aromatic rings. The van der Waals surface area contributed by atoms with Crippen LogP contribution in [0.1, 0.15) is 52.2 Å². The Hall–Kier alpha value is -2.69. The van der Waals surface area contributed by atoms with Crippen LogP contribution in [0.3, 0.4) is 0 Å². The number of carbonyl (C=O) groups excluding carboxylic acids is 3. The van der Waals surface area contributed by atoms with Crippen LogP contribution in [-0.2, 0) is 33.3 Å². The summed E-state index contributed by atoms with van der Waals surface area (Å²) in [5.74, 6) is -2.72. The predicted molar refractivity (Wildman–Crippen MR) is 117 cm³/mol. The Bertz CT molecular complexity index is 1260. The Kier molecular flexibility index (Phi) is 3.89. The van der Waals surface area contributed by atoms with Gasteiger partial charge in [0.15, 0.2) is 11.9 Å². The number of esters is 2. The number of aliphatic hydroxyl groups is 2. The molecule has 2 spiro atoms. The molecule has 4 unspecified atom stereocenters. The largest absolute Gasteiger partial charge is 0.504 e. The zero-order valence-electron chi connectivity index (χ0n) is 20.4. The van der Waals surface area contributed by atoms with E-state index in [9.17, 15) is 24.6 Å². The van der Waals surface area contributed by atoms with Crippen molar-refractivity contribution < 1.29 is 48.0 Å². The van der Waals surface area contributed by atoms with E-state index in [1.54, 1.807) is 33.8 Å². The van der Waals surface area contributed by atoms with Gasteiger partial charge in [0.1, 0.15) is 18.3 Å². The van der Waals surface area contributed by atoms with Crippen molar-refractivity contribution in [2.45, 2.75) is 76.2 Å². The molecule has 192 valence electrons. The van der Waals surface area contributed by atoms with Crippen LogP contribution >= 0.6 is 0 Å². The van der Waals surface area contributed by atoms with Crippen molar-refractivity contribution in [2.75, 3.05) is 6.61 Å². The van der Waals surface area contributed by atoms with E-state index in [1.165, 1.54) is 12.5 Å². The number of hydrogen-bond acceptors (Lipinski definition) is 10. The Morgan fingerprint density at radius 2 is 1.81 bits per heavy atom. The number of cyclic esters (lactones) is 2. The van der Waals surface area contributed by atoms with Crippen LogP contribution < -0.4 is 0 Å². The van der Waals surface area contributed by atoms with E-state index < -0.39 is 81.3 Å². The lowest BCUT2D eigenvalue weighted by Gasteiger charge is -2.64. The lowest BCUT2D eigenvalue weighted by Crippen LogP contribution is -2.74. The summed E-state index contributed by atoms with van der Waals surface area (Å²) in [5, 5.41) is 23.4. The van der Waals surface area contributed by atoms with Crippen molar-refractivity contribution in [3.05, 3.63) is 35.5 Å². The van der Waals surface area contributed by atoms with Crippen molar-refractivity contribution in [1.82, 2.24) is 0 Å². The highest BCUT2D eigenvalue weighted by Gasteiger charge is 2.91. The van der Waals surface area contributed by atoms with Gasteiger partial charge >= 0.3 is 11.9 Å². The van der Waals surface area contributed by atoms with E-state index in [1.807, 2.05) is 0 Å². The van der Waals surface area contributed by atoms with Gasteiger partial charge in [-0.15, -0.1) is 0 Å². The number of aliphatic hydroxyl groups excluding tert-OH is 2. The van der Waals surface area contributed by atoms with Gasteiger partial charge in [-0.05, 0) is 39.2 Å². The number of hydrogen-bond donors (Lipinski definition) is 2. The Morgan fingerprint density at radius 1 is 1.06 bits per heavy atom. The lowest BCUT2D eigenvalue weighted by molar-refractivity contribution is -0.240. The average molecular weight is 501 g/mol. The molecule has 7 rings (SSSR count). The van der Waals surface area contributed by atoms with Crippen LogP contribution in [0.25, 0.3) is 0 Å². The molecule has 6 aliphatic rings. The van der Waals surface area contributed by atoms with E-state index in [-0.39, 0.29) is 19.4 Å². The van der Waals surface area contributed by atoms with Gasteiger partial charge in [0.2, 0.25) is 5.78 Å². The second-order valence-corrected chi connectivity index (χ2v) is 12.0. The Labute approximate surface area is 206 Å². The van der Waals surface area contributed by atoms with Crippen LogP contribution in [-0.4, -0.2) is 64.1 Å². The normalized spacial score (nSPS) is 50.2. The fraction of sp³-hybridized carbons (Fsp3) is 0.654. The van der Waals surface area contributed by atoms with Crippen molar-refractivity contribution in [1.29, 1.82) is 0 Å². The van der Waals surface area contributed by atoms with Gasteiger partial charge in [-0.1, -0.05) is 6.92 Å². The number of ether oxygens (including phenoxy) is 4. The number of furan rings is 1. The number of rotatable bonds is 1. The molecule has 4 aliphatic heterocycles. The smallest absolute Gasteiger partial charge is 0.339 e. The van der Waals surface area contributed by atoms with Gasteiger partial charge in [-0.25, -0.2) is 4.79 Å². The summed E-state index contributed by atoms with van der Waals surface area (Å²) in [6.45, 7) is 6.87. The van der Waals surface area contributed by atoms with Gasteiger partial charge in [-0.3, -0.25) is 9.59 Å². The lowest BCUT2D eigenvalue weighted by atomic mass is 9.38. The summed E-state index contributed by atoms with van der Waals surface area (Å²) in [6.07, 6.45) is -0.817. The topological polar surface area (TPSA) is 145 Å². The summed E-state index contributed by atoms with van der Waals surface area (Å²) in [4.78, 5) is 39.8.